The number of halogens is 4. The van der Waals surface area contributed by atoms with Crippen LogP contribution in [0.3, 0.4) is 0 Å². The molecule has 28 heavy (non-hydrogen) atoms. The van der Waals surface area contributed by atoms with Gasteiger partial charge in [-0.2, -0.15) is 18.3 Å². The maximum Gasteiger partial charge on any atom is 0.432 e. The van der Waals surface area contributed by atoms with Gasteiger partial charge in [-0.25, -0.2) is 0 Å². The van der Waals surface area contributed by atoms with Crippen LogP contribution in [0.1, 0.15) is 27.3 Å². The van der Waals surface area contributed by atoms with E-state index in [2.05, 4.69) is 5.10 Å². The molecule has 2 aromatic carbocycles. The first-order valence-corrected chi connectivity index (χ1v) is 8.91. The van der Waals surface area contributed by atoms with Crippen LogP contribution in [0, 0.1) is 0 Å². The van der Waals surface area contributed by atoms with E-state index in [1.807, 2.05) is 35.4 Å². The summed E-state index contributed by atoms with van der Waals surface area (Å²) in [4.78, 5) is 14.3. The Hall–Kier alpha value is -2.80. The quantitative estimate of drug-likeness (QED) is 0.627. The molecule has 0 aliphatic heterocycles. The number of amides is 1. The molecule has 0 aliphatic carbocycles. The fourth-order valence-corrected chi connectivity index (χ4v) is 2.93. The van der Waals surface area contributed by atoms with E-state index < -0.39 is 17.8 Å². The second kappa shape index (κ2) is 8.48. The molecular weight excluding hydrogens is 391 g/mol. The van der Waals surface area contributed by atoms with Crippen molar-refractivity contribution in [2.45, 2.75) is 19.1 Å². The normalized spacial score (nSPS) is 11.4. The Balaban J connectivity index is 1.83. The number of carbonyl (C=O) groups is 1. The number of H-pyrrole nitrogens is 1. The maximum atomic E-state index is 12.9. The van der Waals surface area contributed by atoms with Crippen molar-refractivity contribution in [3.63, 3.8) is 0 Å². The van der Waals surface area contributed by atoms with Crippen molar-refractivity contribution in [1.29, 1.82) is 0 Å². The Morgan fingerprint density at radius 2 is 1.75 bits per heavy atom. The van der Waals surface area contributed by atoms with Gasteiger partial charge in [0.25, 0.3) is 5.91 Å². The summed E-state index contributed by atoms with van der Waals surface area (Å²) >= 11 is 6.19. The molecule has 0 spiro atoms. The minimum atomic E-state index is -4.59. The minimum Gasteiger partial charge on any atom is -0.333 e. The Morgan fingerprint density at radius 3 is 2.39 bits per heavy atom. The number of benzene rings is 2. The Labute approximate surface area is 164 Å². The standard InChI is InChI=1S/C20H17ClF3N3O/c21-16-9-5-4-8-15(16)13-27(11-10-14-6-2-1-3-7-14)19(28)17-12-18(26-25-17)20(22,23)24/h1-9,12H,10-11,13H2,(H,25,26). The van der Waals surface area contributed by atoms with Crippen molar-refractivity contribution < 1.29 is 18.0 Å². The number of carbonyl (C=O) groups excluding carboxylic acids is 1. The highest BCUT2D eigenvalue weighted by atomic mass is 35.5. The minimum absolute atomic E-state index is 0.166. The van der Waals surface area contributed by atoms with Gasteiger partial charge in [0.2, 0.25) is 0 Å². The van der Waals surface area contributed by atoms with Crippen LogP contribution < -0.4 is 0 Å². The second-order valence-corrected chi connectivity index (χ2v) is 6.63. The lowest BCUT2D eigenvalue weighted by molar-refractivity contribution is -0.141. The van der Waals surface area contributed by atoms with Gasteiger partial charge in [0.15, 0.2) is 5.69 Å². The molecule has 1 amide bonds. The van der Waals surface area contributed by atoms with Crippen LogP contribution in [0.5, 0.6) is 0 Å². The first-order chi connectivity index (χ1) is 13.3. The summed E-state index contributed by atoms with van der Waals surface area (Å²) in [5, 5.41) is 5.92. The van der Waals surface area contributed by atoms with Gasteiger partial charge in [0.1, 0.15) is 5.69 Å². The molecule has 0 radical (unpaired) electrons. The lowest BCUT2D eigenvalue weighted by Gasteiger charge is -2.22. The molecule has 146 valence electrons. The van der Waals surface area contributed by atoms with Gasteiger partial charge >= 0.3 is 6.18 Å². The van der Waals surface area contributed by atoms with Gasteiger partial charge in [-0.1, -0.05) is 60.1 Å². The van der Waals surface area contributed by atoms with Gasteiger partial charge in [0.05, 0.1) is 0 Å². The van der Waals surface area contributed by atoms with Crippen molar-refractivity contribution >= 4 is 17.5 Å². The maximum absolute atomic E-state index is 12.9. The molecule has 0 saturated carbocycles. The van der Waals surface area contributed by atoms with E-state index in [0.29, 0.717) is 23.6 Å². The molecule has 0 saturated heterocycles. The van der Waals surface area contributed by atoms with E-state index in [4.69, 9.17) is 11.6 Å². The number of alkyl halides is 3. The average molecular weight is 408 g/mol. The third-order valence-corrected chi connectivity index (χ3v) is 4.59. The third-order valence-electron chi connectivity index (χ3n) is 4.22. The monoisotopic (exact) mass is 407 g/mol. The van der Waals surface area contributed by atoms with Gasteiger partial charge in [0, 0.05) is 24.2 Å². The molecule has 1 aromatic heterocycles. The van der Waals surface area contributed by atoms with Crippen molar-refractivity contribution in [3.8, 4) is 0 Å². The fraction of sp³-hybridized carbons (Fsp3) is 0.200. The molecule has 1 heterocycles. The summed E-state index contributed by atoms with van der Waals surface area (Å²) in [6.07, 6.45) is -4.04. The highest BCUT2D eigenvalue weighted by molar-refractivity contribution is 6.31. The zero-order valence-electron chi connectivity index (χ0n) is 14.7. The number of hydrogen-bond donors (Lipinski definition) is 1. The van der Waals surface area contributed by atoms with Gasteiger partial charge in [-0.05, 0) is 23.6 Å². The molecule has 8 heteroatoms. The lowest BCUT2D eigenvalue weighted by Crippen LogP contribution is -2.33. The summed E-state index contributed by atoms with van der Waals surface area (Å²) in [5.74, 6) is -0.595. The van der Waals surface area contributed by atoms with Crippen LogP contribution in [0.25, 0.3) is 0 Å². The SMILES string of the molecule is O=C(c1cc(C(F)(F)F)[nH]n1)N(CCc1ccccc1)Cc1ccccc1Cl. The topological polar surface area (TPSA) is 49.0 Å². The van der Waals surface area contributed by atoms with Crippen LogP contribution in [0.4, 0.5) is 13.2 Å². The Morgan fingerprint density at radius 1 is 1.07 bits per heavy atom. The van der Waals surface area contributed by atoms with E-state index in [1.165, 1.54) is 4.90 Å². The number of nitrogens with one attached hydrogen (secondary N) is 1. The molecule has 3 aromatic rings. The summed E-state index contributed by atoms with van der Waals surface area (Å²) in [6.45, 7) is 0.474. The van der Waals surface area contributed by atoms with Crippen molar-refractivity contribution in [1.82, 2.24) is 15.1 Å². The first kappa shape index (κ1) is 19.9. The number of rotatable bonds is 6. The van der Waals surface area contributed by atoms with Crippen LogP contribution >= 0.6 is 11.6 Å². The molecule has 0 atom stereocenters. The molecule has 0 aliphatic rings. The molecule has 0 bridgehead atoms. The number of aromatic amines is 1. The van der Waals surface area contributed by atoms with E-state index in [0.717, 1.165) is 11.6 Å². The molecule has 0 unspecified atom stereocenters. The fourth-order valence-electron chi connectivity index (χ4n) is 2.73. The van der Waals surface area contributed by atoms with Crippen LogP contribution in [0.15, 0.2) is 60.7 Å². The first-order valence-electron chi connectivity index (χ1n) is 8.54. The van der Waals surface area contributed by atoms with E-state index in [9.17, 15) is 18.0 Å². The molecule has 4 nitrogen and oxygen atoms in total. The lowest BCUT2D eigenvalue weighted by atomic mass is 10.1. The highest BCUT2D eigenvalue weighted by Gasteiger charge is 2.34. The number of hydrogen-bond acceptors (Lipinski definition) is 2. The summed E-state index contributed by atoms with van der Waals surface area (Å²) < 4.78 is 38.5. The van der Waals surface area contributed by atoms with Crippen LogP contribution in [0.2, 0.25) is 5.02 Å². The predicted octanol–water partition coefficient (Wildman–Crippen LogP) is 4.97. The molecular formula is C20H17ClF3N3O. The van der Waals surface area contributed by atoms with Gasteiger partial charge < -0.3 is 4.90 Å². The van der Waals surface area contributed by atoms with Crippen molar-refractivity contribution in [2.75, 3.05) is 6.54 Å². The number of nitrogens with zero attached hydrogens (tertiary/aromatic N) is 2. The van der Waals surface area contributed by atoms with E-state index >= 15 is 0 Å². The summed E-state index contributed by atoms with van der Waals surface area (Å²) in [7, 11) is 0. The second-order valence-electron chi connectivity index (χ2n) is 6.22. The van der Waals surface area contributed by atoms with Gasteiger partial charge in [-0.15, -0.1) is 0 Å². The zero-order chi connectivity index (χ0) is 20.1. The van der Waals surface area contributed by atoms with Crippen LogP contribution in [-0.2, 0) is 19.1 Å². The molecule has 0 fully saturated rings. The Kier molecular flexibility index (Phi) is 6.04. The Bertz CT molecular complexity index is 941. The largest absolute Gasteiger partial charge is 0.432 e. The van der Waals surface area contributed by atoms with E-state index in [1.54, 1.807) is 24.3 Å². The van der Waals surface area contributed by atoms with E-state index in [-0.39, 0.29) is 12.2 Å². The van der Waals surface area contributed by atoms with Crippen molar-refractivity contribution in [3.05, 3.63) is 88.2 Å². The predicted molar refractivity (Wildman–Crippen MR) is 99.9 cm³/mol. The van der Waals surface area contributed by atoms with Gasteiger partial charge in [-0.3, -0.25) is 9.89 Å². The summed E-state index contributed by atoms with van der Waals surface area (Å²) in [5.41, 5.74) is 0.374. The molecule has 1 N–H and O–H groups in total. The zero-order valence-corrected chi connectivity index (χ0v) is 15.5. The number of aromatic nitrogens is 2. The van der Waals surface area contributed by atoms with Crippen molar-refractivity contribution in [2.24, 2.45) is 0 Å². The highest BCUT2D eigenvalue weighted by Crippen LogP contribution is 2.28. The van der Waals surface area contributed by atoms with Crippen LogP contribution in [-0.4, -0.2) is 27.5 Å². The average Bonchev–Trinajstić information content (AvgIpc) is 3.17. The third kappa shape index (κ3) is 4.92. The summed E-state index contributed by atoms with van der Waals surface area (Å²) in [6, 6.07) is 17.3. The molecule has 3 rings (SSSR count). The smallest absolute Gasteiger partial charge is 0.333 e.